The van der Waals surface area contributed by atoms with Crippen LogP contribution in [0.2, 0.25) is 0 Å². The molecule has 100 valence electrons. The Bertz CT molecular complexity index is 676. The molecule has 0 N–H and O–H groups in total. The number of fused-ring (bicyclic) bond motifs is 1. The van der Waals surface area contributed by atoms with E-state index in [0.29, 0.717) is 11.3 Å². The van der Waals surface area contributed by atoms with Gasteiger partial charge in [-0.25, -0.2) is 0 Å². The van der Waals surface area contributed by atoms with Crippen molar-refractivity contribution in [2.75, 3.05) is 0 Å². The first kappa shape index (κ1) is 12.4. The van der Waals surface area contributed by atoms with Crippen molar-refractivity contribution in [1.82, 2.24) is 0 Å². The number of rotatable bonds is 2. The van der Waals surface area contributed by atoms with Crippen LogP contribution in [0.15, 0.2) is 48.5 Å². The van der Waals surface area contributed by atoms with Gasteiger partial charge in [0.05, 0.1) is 12.4 Å². The Morgan fingerprint density at radius 3 is 2.60 bits per heavy atom. The molecule has 1 aliphatic heterocycles. The van der Waals surface area contributed by atoms with Gasteiger partial charge in [-0.2, -0.15) is 0 Å². The van der Waals surface area contributed by atoms with E-state index in [1.165, 1.54) is 18.2 Å². The van der Waals surface area contributed by atoms with E-state index in [1.54, 1.807) is 0 Å². The molecule has 1 heterocycles. The molecule has 0 aliphatic carbocycles. The topological polar surface area (TPSA) is 66.4 Å². The van der Waals surface area contributed by atoms with E-state index in [2.05, 4.69) is 0 Å². The lowest BCUT2D eigenvalue weighted by Crippen LogP contribution is -2.25. The summed E-state index contributed by atoms with van der Waals surface area (Å²) in [5.74, 6) is -1.32. The molecule has 1 atom stereocenters. The van der Waals surface area contributed by atoms with Crippen LogP contribution in [-0.2, 0) is 4.79 Å². The monoisotopic (exact) mass is 267 g/mol. The molecule has 3 rings (SSSR count). The second kappa shape index (κ2) is 4.81. The molecular formula is C16H11O4-. The highest BCUT2D eigenvalue weighted by atomic mass is 16.5. The Hall–Kier alpha value is -2.62. The largest absolute Gasteiger partial charge is 0.545 e. The number of esters is 1. The van der Waals surface area contributed by atoms with Crippen LogP contribution in [0.4, 0.5) is 0 Å². The molecule has 0 aromatic heterocycles. The molecule has 0 spiro atoms. The van der Waals surface area contributed by atoms with E-state index >= 15 is 0 Å². The Kier molecular flexibility index (Phi) is 2.99. The van der Waals surface area contributed by atoms with Gasteiger partial charge in [-0.3, -0.25) is 4.79 Å². The van der Waals surface area contributed by atoms with Crippen LogP contribution in [0.25, 0.3) is 0 Å². The van der Waals surface area contributed by atoms with E-state index in [9.17, 15) is 14.7 Å². The molecule has 0 bridgehead atoms. The average molecular weight is 267 g/mol. The van der Waals surface area contributed by atoms with E-state index in [0.717, 1.165) is 5.56 Å². The normalized spacial score (nSPS) is 17.2. The first-order chi connectivity index (χ1) is 9.65. The number of carbonyl (C=O) groups is 2. The second-order valence-electron chi connectivity index (χ2n) is 4.68. The molecule has 0 amide bonds. The Balaban J connectivity index is 2.12. The zero-order valence-corrected chi connectivity index (χ0v) is 10.5. The SMILES string of the molecule is O=C1C[C@H](c2ccccc2)c2cc(C(=O)[O-])ccc2O1. The Morgan fingerprint density at radius 1 is 1.15 bits per heavy atom. The minimum atomic E-state index is -1.24. The van der Waals surface area contributed by atoms with E-state index in [1.807, 2.05) is 30.3 Å². The van der Waals surface area contributed by atoms with Crippen molar-refractivity contribution in [2.24, 2.45) is 0 Å². The predicted octanol–water partition coefficient (Wildman–Crippen LogP) is 1.49. The van der Waals surface area contributed by atoms with Gasteiger partial charge in [0.2, 0.25) is 0 Å². The maximum atomic E-state index is 11.7. The fourth-order valence-corrected chi connectivity index (χ4v) is 2.46. The molecular weight excluding hydrogens is 256 g/mol. The number of benzene rings is 2. The molecule has 4 heteroatoms. The lowest BCUT2D eigenvalue weighted by Gasteiger charge is -2.25. The summed E-state index contributed by atoms with van der Waals surface area (Å²) in [6.07, 6.45) is 0.202. The summed E-state index contributed by atoms with van der Waals surface area (Å²) in [4.78, 5) is 22.7. The smallest absolute Gasteiger partial charge is 0.312 e. The summed E-state index contributed by atoms with van der Waals surface area (Å²) < 4.78 is 5.17. The summed E-state index contributed by atoms with van der Waals surface area (Å²) >= 11 is 0. The summed E-state index contributed by atoms with van der Waals surface area (Å²) in [6, 6.07) is 13.9. The molecule has 4 nitrogen and oxygen atoms in total. The Labute approximate surface area is 115 Å². The minimum Gasteiger partial charge on any atom is -0.545 e. The molecule has 0 unspecified atom stereocenters. The van der Waals surface area contributed by atoms with Crippen molar-refractivity contribution in [1.29, 1.82) is 0 Å². The molecule has 0 saturated heterocycles. The molecule has 20 heavy (non-hydrogen) atoms. The van der Waals surface area contributed by atoms with Crippen molar-refractivity contribution < 1.29 is 19.4 Å². The molecule has 0 radical (unpaired) electrons. The van der Waals surface area contributed by atoms with Crippen molar-refractivity contribution >= 4 is 11.9 Å². The molecule has 0 fully saturated rings. The van der Waals surface area contributed by atoms with Crippen LogP contribution in [0.5, 0.6) is 5.75 Å². The average Bonchev–Trinajstić information content (AvgIpc) is 2.46. The highest BCUT2D eigenvalue weighted by Gasteiger charge is 2.28. The number of hydrogen-bond acceptors (Lipinski definition) is 4. The molecule has 2 aromatic rings. The number of carboxylic acids is 1. The van der Waals surface area contributed by atoms with Crippen LogP contribution in [0.1, 0.15) is 33.8 Å². The third-order valence-electron chi connectivity index (χ3n) is 3.42. The van der Waals surface area contributed by atoms with Gasteiger partial charge in [-0.15, -0.1) is 0 Å². The highest BCUT2D eigenvalue weighted by molar-refractivity contribution is 5.87. The lowest BCUT2D eigenvalue weighted by molar-refractivity contribution is -0.255. The van der Waals surface area contributed by atoms with Gasteiger partial charge in [-0.05, 0) is 29.3 Å². The van der Waals surface area contributed by atoms with Gasteiger partial charge in [0.1, 0.15) is 5.75 Å². The number of carbonyl (C=O) groups excluding carboxylic acids is 2. The second-order valence-corrected chi connectivity index (χ2v) is 4.68. The van der Waals surface area contributed by atoms with Gasteiger partial charge >= 0.3 is 5.97 Å². The van der Waals surface area contributed by atoms with Gasteiger partial charge in [0.25, 0.3) is 0 Å². The lowest BCUT2D eigenvalue weighted by atomic mass is 9.85. The van der Waals surface area contributed by atoms with Gasteiger partial charge in [-0.1, -0.05) is 30.3 Å². The maximum Gasteiger partial charge on any atom is 0.312 e. The minimum absolute atomic E-state index is 0.0858. The van der Waals surface area contributed by atoms with Crippen LogP contribution in [0.3, 0.4) is 0 Å². The third kappa shape index (κ3) is 2.16. The zero-order chi connectivity index (χ0) is 14.1. The first-order valence-corrected chi connectivity index (χ1v) is 6.26. The standard InChI is InChI=1S/C16H12O4/c17-15-9-12(10-4-2-1-3-5-10)13-8-11(16(18)19)6-7-14(13)20-15/h1-8,12H,9H2,(H,18,19)/p-1/t12-/m1/s1. The highest BCUT2D eigenvalue weighted by Crippen LogP contribution is 2.38. The van der Waals surface area contributed by atoms with Crippen molar-refractivity contribution in [3.63, 3.8) is 0 Å². The quantitative estimate of drug-likeness (QED) is 0.610. The molecule has 2 aromatic carbocycles. The van der Waals surface area contributed by atoms with Gasteiger partial charge in [0, 0.05) is 11.5 Å². The van der Waals surface area contributed by atoms with Crippen LogP contribution in [-0.4, -0.2) is 11.9 Å². The molecule has 0 saturated carbocycles. The number of hydrogen-bond donors (Lipinski definition) is 0. The maximum absolute atomic E-state index is 11.7. The van der Waals surface area contributed by atoms with E-state index < -0.39 is 5.97 Å². The van der Waals surface area contributed by atoms with Gasteiger partial charge in [0.15, 0.2) is 0 Å². The number of aromatic carboxylic acids is 1. The van der Waals surface area contributed by atoms with Crippen molar-refractivity contribution in [3.05, 3.63) is 65.2 Å². The number of ether oxygens (including phenoxy) is 1. The van der Waals surface area contributed by atoms with E-state index in [-0.39, 0.29) is 23.9 Å². The van der Waals surface area contributed by atoms with Gasteiger partial charge < -0.3 is 14.6 Å². The van der Waals surface area contributed by atoms with Crippen LogP contribution < -0.4 is 9.84 Å². The summed E-state index contributed by atoms with van der Waals surface area (Å²) in [5, 5.41) is 11.0. The third-order valence-corrected chi connectivity index (χ3v) is 3.42. The van der Waals surface area contributed by atoms with Crippen LogP contribution in [0, 0.1) is 0 Å². The summed E-state index contributed by atoms with van der Waals surface area (Å²) in [6.45, 7) is 0. The fraction of sp³-hybridized carbons (Fsp3) is 0.125. The predicted molar refractivity (Wildman–Crippen MR) is 69.3 cm³/mol. The first-order valence-electron chi connectivity index (χ1n) is 6.26. The van der Waals surface area contributed by atoms with Crippen LogP contribution >= 0.6 is 0 Å². The Morgan fingerprint density at radius 2 is 1.90 bits per heavy atom. The number of carboxylic acid groups (broad SMARTS) is 1. The van der Waals surface area contributed by atoms with Crippen molar-refractivity contribution in [2.45, 2.75) is 12.3 Å². The summed E-state index contributed by atoms with van der Waals surface area (Å²) in [7, 11) is 0. The zero-order valence-electron chi connectivity index (χ0n) is 10.5. The molecule has 1 aliphatic rings. The van der Waals surface area contributed by atoms with Crippen molar-refractivity contribution in [3.8, 4) is 5.75 Å². The van der Waals surface area contributed by atoms with E-state index in [4.69, 9.17) is 4.74 Å². The fourth-order valence-electron chi connectivity index (χ4n) is 2.46. The summed E-state index contributed by atoms with van der Waals surface area (Å²) in [5.41, 5.74) is 1.75.